The third kappa shape index (κ3) is 2.68. The van der Waals surface area contributed by atoms with E-state index in [1.54, 1.807) is 31.4 Å². The molecule has 0 bridgehead atoms. The van der Waals surface area contributed by atoms with Gasteiger partial charge >= 0.3 is 5.97 Å². The lowest BCUT2D eigenvalue weighted by atomic mass is 10.0. The molecule has 0 aliphatic heterocycles. The molecule has 0 aliphatic carbocycles. The number of methoxy groups -OCH3 is 2. The van der Waals surface area contributed by atoms with Crippen LogP contribution >= 0.6 is 0 Å². The number of nitrogens with zero attached hydrogens (tertiary/aromatic N) is 1. The Kier molecular flexibility index (Phi) is 3.85. The molecule has 1 aromatic heterocycles. The summed E-state index contributed by atoms with van der Waals surface area (Å²) in [5.41, 5.74) is 2.04. The molecule has 116 valence electrons. The second-order valence-electron chi connectivity index (χ2n) is 4.95. The second-order valence-corrected chi connectivity index (χ2v) is 4.95. The molecule has 0 atom stereocenters. The van der Waals surface area contributed by atoms with Crippen LogP contribution in [0.25, 0.3) is 22.2 Å². The Labute approximate surface area is 133 Å². The minimum absolute atomic E-state index is 0.187. The summed E-state index contributed by atoms with van der Waals surface area (Å²) in [6, 6.07) is 14.1. The molecule has 3 rings (SSSR count). The van der Waals surface area contributed by atoms with Gasteiger partial charge < -0.3 is 14.6 Å². The third-order valence-electron chi connectivity index (χ3n) is 3.62. The maximum absolute atomic E-state index is 11.6. The molecule has 0 aliphatic rings. The lowest BCUT2D eigenvalue weighted by molar-refractivity contribution is 0.0699. The maximum atomic E-state index is 11.6. The standard InChI is InChI=1S/C18H15NO4/c1-22-12-6-3-5-11(9-12)15-10-14(18(20)21)13-7-4-8-16(23-2)17(13)19-15/h3-10H,1-2H3,(H,20,21). The molecule has 3 aromatic rings. The first-order valence-corrected chi connectivity index (χ1v) is 6.99. The van der Waals surface area contributed by atoms with Crippen molar-refractivity contribution >= 4 is 16.9 Å². The molecule has 0 saturated carbocycles. The SMILES string of the molecule is COc1cccc(-c2cc(C(=O)O)c3cccc(OC)c3n2)c1. The highest BCUT2D eigenvalue weighted by Gasteiger charge is 2.15. The Hall–Kier alpha value is -3.08. The second kappa shape index (κ2) is 5.96. The van der Waals surface area contributed by atoms with Gasteiger partial charge in [0.1, 0.15) is 17.0 Å². The van der Waals surface area contributed by atoms with E-state index in [0.29, 0.717) is 28.1 Å². The van der Waals surface area contributed by atoms with Gasteiger partial charge in [-0.2, -0.15) is 0 Å². The number of ether oxygens (including phenoxy) is 2. The van der Waals surface area contributed by atoms with E-state index < -0.39 is 5.97 Å². The van der Waals surface area contributed by atoms with E-state index in [1.165, 1.54) is 7.11 Å². The van der Waals surface area contributed by atoms with Gasteiger partial charge in [0.15, 0.2) is 0 Å². The summed E-state index contributed by atoms with van der Waals surface area (Å²) >= 11 is 0. The van der Waals surface area contributed by atoms with Crippen LogP contribution in [0, 0.1) is 0 Å². The molecule has 5 nitrogen and oxygen atoms in total. The summed E-state index contributed by atoms with van der Waals surface area (Å²) in [6.45, 7) is 0. The average molecular weight is 309 g/mol. The van der Waals surface area contributed by atoms with Crippen molar-refractivity contribution in [3.63, 3.8) is 0 Å². The fourth-order valence-corrected chi connectivity index (χ4v) is 2.49. The van der Waals surface area contributed by atoms with Crippen molar-refractivity contribution in [2.45, 2.75) is 0 Å². The number of aromatic nitrogens is 1. The van der Waals surface area contributed by atoms with Crippen molar-refractivity contribution in [1.29, 1.82) is 0 Å². The first-order valence-electron chi connectivity index (χ1n) is 6.99. The van der Waals surface area contributed by atoms with Crippen LogP contribution in [0.4, 0.5) is 0 Å². The normalized spacial score (nSPS) is 10.5. The number of fused-ring (bicyclic) bond motifs is 1. The highest BCUT2D eigenvalue weighted by Crippen LogP contribution is 2.31. The number of hydrogen-bond donors (Lipinski definition) is 1. The largest absolute Gasteiger partial charge is 0.497 e. The predicted octanol–water partition coefficient (Wildman–Crippen LogP) is 3.62. The van der Waals surface area contributed by atoms with Crippen LogP contribution in [0.3, 0.4) is 0 Å². The molecule has 0 amide bonds. The van der Waals surface area contributed by atoms with Crippen molar-refractivity contribution in [1.82, 2.24) is 4.98 Å². The number of hydrogen-bond acceptors (Lipinski definition) is 4. The Morgan fingerprint density at radius 3 is 2.52 bits per heavy atom. The zero-order valence-electron chi connectivity index (χ0n) is 12.7. The zero-order valence-corrected chi connectivity index (χ0v) is 12.7. The van der Waals surface area contributed by atoms with E-state index in [1.807, 2.05) is 24.3 Å². The third-order valence-corrected chi connectivity index (χ3v) is 3.62. The summed E-state index contributed by atoms with van der Waals surface area (Å²) in [5, 5.41) is 10.1. The van der Waals surface area contributed by atoms with E-state index in [0.717, 1.165) is 5.56 Å². The van der Waals surface area contributed by atoms with Gasteiger partial charge in [-0.15, -0.1) is 0 Å². The lowest BCUT2D eigenvalue weighted by Crippen LogP contribution is -2.01. The van der Waals surface area contributed by atoms with Crippen LogP contribution in [0.2, 0.25) is 0 Å². The molecular weight excluding hydrogens is 294 g/mol. The van der Waals surface area contributed by atoms with Gasteiger partial charge in [0.25, 0.3) is 0 Å². The van der Waals surface area contributed by atoms with Gasteiger partial charge in [-0.25, -0.2) is 9.78 Å². The van der Waals surface area contributed by atoms with E-state index in [4.69, 9.17) is 9.47 Å². The molecule has 0 fully saturated rings. The predicted molar refractivity (Wildman–Crippen MR) is 87.2 cm³/mol. The number of benzene rings is 2. The van der Waals surface area contributed by atoms with Gasteiger partial charge in [-0.1, -0.05) is 24.3 Å². The summed E-state index contributed by atoms with van der Waals surface area (Å²) in [5.74, 6) is 0.214. The number of para-hydroxylation sites is 1. The summed E-state index contributed by atoms with van der Waals surface area (Å²) in [7, 11) is 3.12. The molecule has 1 heterocycles. The molecule has 0 radical (unpaired) electrons. The molecule has 2 aromatic carbocycles. The van der Waals surface area contributed by atoms with E-state index in [2.05, 4.69) is 4.98 Å². The minimum atomic E-state index is -1.00. The summed E-state index contributed by atoms with van der Waals surface area (Å²) in [4.78, 5) is 16.2. The van der Waals surface area contributed by atoms with Crippen molar-refractivity contribution < 1.29 is 19.4 Å². The molecule has 0 spiro atoms. The van der Waals surface area contributed by atoms with Crippen molar-refractivity contribution in [3.8, 4) is 22.8 Å². The summed E-state index contributed by atoms with van der Waals surface area (Å²) < 4.78 is 10.5. The van der Waals surface area contributed by atoms with Crippen molar-refractivity contribution in [2.24, 2.45) is 0 Å². The monoisotopic (exact) mass is 309 g/mol. The molecular formula is C18H15NO4. The Morgan fingerprint density at radius 1 is 1.04 bits per heavy atom. The number of pyridine rings is 1. The lowest BCUT2D eigenvalue weighted by Gasteiger charge is -2.10. The van der Waals surface area contributed by atoms with Crippen LogP contribution in [0.15, 0.2) is 48.5 Å². The highest BCUT2D eigenvalue weighted by atomic mass is 16.5. The van der Waals surface area contributed by atoms with Crippen molar-refractivity contribution in [3.05, 3.63) is 54.1 Å². The van der Waals surface area contributed by atoms with Gasteiger partial charge in [-0.05, 0) is 24.3 Å². The number of carboxylic acid groups (broad SMARTS) is 1. The number of rotatable bonds is 4. The Bertz CT molecular complexity index is 889. The molecule has 5 heteroatoms. The van der Waals surface area contributed by atoms with Crippen LogP contribution in [-0.4, -0.2) is 30.3 Å². The van der Waals surface area contributed by atoms with E-state index >= 15 is 0 Å². The number of carbonyl (C=O) groups is 1. The fourth-order valence-electron chi connectivity index (χ4n) is 2.49. The highest BCUT2D eigenvalue weighted by molar-refractivity contribution is 6.05. The molecule has 23 heavy (non-hydrogen) atoms. The zero-order chi connectivity index (χ0) is 16.4. The van der Waals surface area contributed by atoms with E-state index in [-0.39, 0.29) is 5.56 Å². The van der Waals surface area contributed by atoms with E-state index in [9.17, 15) is 9.90 Å². The molecule has 0 unspecified atom stereocenters. The van der Waals surface area contributed by atoms with Crippen LogP contribution in [-0.2, 0) is 0 Å². The Balaban J connectivity index is 2.31. The van der Waals surface area contributed by atoms with Crippen LogP contribution in [0.1, 0.15) is 10.4 Å². The first-order chi connectivity index (χ1) is 11.1. The smallest absolute Gasteiger partial charge is 0.336 e. The van der Waals surface area contributed by atoms with Gasteiger partial charge in [0.2, 0.25) is 0 Å². The number of carboxylic acids is 1. The minimum Gasteiger partial charge on any atom is -0.497 e. The quantitative estimate of drug-likeness (QED) is 0.797. The van der Waals surface area contributed by atoms with Gasteiger partial charge in [0.05, 0.1) is 25.5 Å². The fraction of sp³-hybridized carbons (Fsp3) is 0.111. The number of aromatic carboxylic acids is 1. The molecule has 1 N–H and O–H groups in total. The first kappa shape index (κ1) is 14.8. The van der Waals surface area contributed by atoms with Gasteiger partial charge in [-0.3, -0.25) is 0 Å². The maximum Gasteiger partial charge on any atom is 0.336 e. The van der Waals surface area contributed by atoms with Crippen molar-refractivity contribution in [2.75, 3.05) is 14.2 Å². The average Bonchev–Trinajstić information content (AvgIpc) is 2.60. The van der Waals surface area contributed by atoms with Gasteiger partial charge in [0, 0.05) is 10.9 Å². The summed E-state index contributed by atoms with van der Waals surface area (Å²) in [6.07, 6.45) is 0. The Morgan fingerprint density at radius 2 is 1.83 bits per heavy atom. The van der Waals surface area contributed by atoms with Crippen LogP contribution < -0.4 is 9.47 Å². The molecule has 0 saturated heterocycles. The topological polar surface area (TPSA) is 68.7 Å². The van der Waals surface area contributed by atoms with Crippen LogP contribution in [0.5, 0.6) is 11.5 Å².